The van der Waals surface area contributed by atoms with Crippen molar-refractivity contribution in [3.63, 3.8) is 0 Å². The molecule has 74 valence electrons. The third-order valence-electron chi connectivity index (χ3n) is 1.80. The molecule has 13 heavy (non-hydrogen) atoms. The van der Waals surface area contributed by atoms with Crippen molar-refractivity contribution in [2.45, 2.75) is 0 Å². The lowest BCUT2D eigenvalue weighted by atomic mass is 10.4. The van der Waals surface area contributed by atoms with Crippen molar-refractivity contribution in [1.82, 2.24) is 10.2 Å². The highest BCUT2D eigenvalue weighted by atomic mass is 16.6. The standard InChI is InChI=1S/C7H13N3O3/c1-8-6-7(10(11)12)9-2-4-13-5-3-9/h6,8H,2-5H2,1H3/b7-6-. The van der Waals surface area contributed by atoms with Crippen molar-refractivity contribution < 1.29 is 9.66 Å². The Morgan fingerprint density at radius 2 is 2.23 bits per heavy atom. The molecule has 0 aromatic carbocycles. The quantitative estimate of drug-likeness (QED) is 0.481. The van der Waals surface area contributed by atoms with Crippen LogP contribution in [0.3, 0.4) is 0 Å². The van der Waals surface area contributed by atoms with Crippen LogP contribution in [0.1, 0.15) is 0 Å². The molecule has 0 bridgehead atoms. The number of ether oxygens (including phenoxy) is 1. The van der Waals surface area contributed by atoms with Gasteiger partial charge in [-0.1, -0.05) is 0 Å². The topological polar surface area (TPSA) is 67.6 Å². The highest BCUT2D eigenvalue weighted by Gasteiger charge is 2.23. The Morgan fingerprint density at radius 1 is 1.62 bits per heavy atom. The monoisotopic (exact) mass is 187 g/mol. The number of morpholine rings is 1. The molecular formula is C7H13N3O3. The molecule has 0 amide bonds. The van der Waals surface area contributed by atoms with E-state index in [4.69, 9.17) is 4.74 Å². The van der Waals surface area contributed by atoms with E-state index in [0.29, 0.717) is 26.3 Å². The van der Waals surface area contributed by atoms with Crippen molar-refractivity contribution in [2.75, 3.05) is 33.4 Å². The van der Waals surface area contributed by atoms with Crippen LogP contribution >= 0.6 is 0 Å². The highest BCUT2D eigenvalue weighted by molar-refractivity contribution is 4.90. The smallest absolute Gasteiger partial charge is 0.334 e. The van der Waals surface area contributed by atoms with Crippen LogP contribution in [0.15, 0.2) is 12.0 Å². The van der Waals surface area contributed by atoms with Gasteiger partial charge in [-0.3, -0.25) is 4.90 Å². The molecule has 1 N–H and O–H groups in total. The summed E-state index contributed by atoms with van der Waals surface area (Å²) in [6, 6.07) is 0. The number of nitrogens with one attached hydrogen (secondary N) is 1. The number of rotatable bonds is 3. The molecular weight excluding hydrogens is 174 g/mol. The van der Waals surface area contributed by atoms with E-state index in [1.54, 1.807) is 11.9 Å². The maximum Gasteiger partial charge on any atom is 0.334 e. The van der Waals surface area contributed by atoms with E-state index in [-0.39, 0.29) is 10.7 Å². The van der Waals surface area contributed by atoms with Gasteiger partial charge in [-0.05, 0) is 4.92 Å². The first-order chi connectivity index (χ1) is 6.25. The van der Waals surface area contributed by atoms with Crippen molar-refractivity contribution in [2.24, 2.45) is 0 Å². The number of hydrogen-bond acceptors (Lipinski definition) is 5. The molecule has 1 aliphatic heterocycles. The Balaban J connectivity index is 2.63. The van der Waals surface area contributed by atoms with Crippen LogP contribution in [0.25, 0.3) is 0 Å². The molecule has 1 heterocycles. The minimum atomic E-state index is -0.387. The zero-order chi connectivity index (χ0) is 9.68. The van der Waals surface area contributed by atoms with Gasteiger partial charge in [-0.15, -0.1) is 0 Å². The van der Waals surface area contributed by atoms with Crippen molar-refractivity contribution in [1.29, 1.82) is 0 Å². The fourth-order valence-electron chi connectivity index (χ4n) is 1.18. The van der Waals surface area contributed by atoms with E-state index in [9.17, 15) is 10.1 Å². The van der Waals surface area contributed by atoms with Gasteiger partial charge in [0.25, 0.3) is 0 Å². The molecule has 0 aromatic rings. The zero-order valence-electron chi connectivity index (χ0n) is 7.52. The molecule has 0 unspecified atom stereocenters. The van der Waals surface area contributed by atoms with Crippen molar-refractivity contribution in [3.8, 4) is 0 Å². The fourth-order valence-corrected chi connectivity index (χ4v) is 1.18. The second-order valence-electron chi connectivity index (χ2n) is 2.65. The van der Waals surface area contributed by atoms with Crippen LogP contribution in [-0.4, -0.2) is 43.2 Å². The number of hydrogen-bond donors (Lipinski definition) is 1. The summed E-state index contributed by atoms with van der Waals surface area (Å²) in [5.74, 6) is 0.103. The number of nitrogens with zero attached hydrogens (tertiary/aromatic N) is 2. The first kappa shape index (κ1) is 9.79. The van der Waals surface area contributed by atoms with Crippen LogP contribution < -0.4 is 5.32 Å². The average molecular weight is 187 g/mol. The second kappa shape index (κ2) is 4.66. The Hall–Kier alpha value is -1.30. The van der Waals surface area contributed by atoms with Gasteiger partial charge in [-0.2, -0.15) is 0 Å². The van der Waals surface area contributed by atoms with Gasteiger partial charge in [0.2, 0.25) is 0 Å². The summed E-state index contributed by atoms with van der Waals surface area (Å²) in [5.41, 5.74) is 0. The van der Waals surface area contributed by atoms with Gasteiger partial charge >= 0.3 is 5.82 Å². The van der Waals surface area contributed by atoms with E-state index in [2.05, 4.69) is 5.32 Å². The van der Waals surface area contributed by atoms with Crippen molar-refractivity contribution in [3.05, 3.63) is 22.1 Å². The Labute approximate surface area is 76.3 Å². The average Bonchev–Trinajstić information content (AvgIpc) is 2.15. The van der Waals surface area contributed by atoms with Crippen molar-refractivity contribution >= 4 is 0 Å². The van der Waals surface area contributed by atoms with E-state index >= 15 is 0 Å². The Kier molecular flexibility index (Phi) is 3.51. The van der Waals surface area contributed by atoms with E-state index in [0.717, 1.165) is 0 Å². The van der Waals surface area contributed by atoms with Crippen LogP contribution in [0.2, 0.25) is 0 Å². The first-order valence-electron chi connectivity index (χ1n) is 4.10. The summed E-state index contributed by atoms with van der Waals surface area (Å²) >= 11 is 0. The zero-order valence-corrected chi connectivity index (χ0v) is 7.52. The molecule has 0 spiro atoms. The third kappa shape index (κ3) is 2.59. The summed E-state index contributed by atoms with van der Waals surface area (Å²) in [7, 11) is 1.64. The van der Waals surface area contributed by atoms with Gasteiger partial charge in [-0.25, -0.2) is 0 Å². The van der Waals surface area contributed by atoms with Gasteiger partial charge in [0, 0.05) is 7.05 Å². The van der Waals surface area contributed by atoms with Gasteiger partial charge in [0.1, 0.15) is 13.1 Å². The molecule has 1 saturated heterocycles. The third-order valence-corrected chi connectivity index (χ3v) is 1.80. The lowest BCUT2D eigenvalue weighted by Gasteiger charge is -2.22. The lowest BCUT2D eigenvalue weighted by molar-refractivity contribution is -0.448. The van der Waals surface area contributed by atoms with E-state index < -0.39 is 0 Å². The van der Waals surface area contributed by atoms with Crippen LogP contribution in [0.5, 0.6) is 0 Å². The van der Waals surface area contributed by atoms with E-state index in [1.165, 1.54) is 6.20 Å². The maximum absolute atomic E-state index is 10.6. The van der Waals surface area contributed by atoms with Crippen LogP contribution in [0.4, 0.5) is 0 Å². The van der Waals surface area contributed by atoms with Gasteiger partial charge in [0.15, 0.2) is 0 Å². The van der Waals surface area contributed by atoms with Gasteiger partial charge in [0.05, 0.1) is 19.4 Å². The predicted octanol–water partition coefficient (Wildman–Crippen LogP) is -0.386. The summed E-state index contributed by atoms with van der Waals surface area (Å²) in [6.45, 7) is 2.26. The maximum atomic E-state index is 10.6. The molecule has 6 nitrogen and oxygen atoms in total. The molecule has 0 aliphatic carbocycles. The summed E-state index contributed by atoms with van der Waals surface area (Å²) in [6.07, 6.45) is 1.39. The molecule has 6 heteroatoms. The fraction of sp³-hybridized carbons (Fsp3) is 0.714. The predicted molar refractivity (Wildman–Crippen MR) is 46.5 cm³/mol. The second-order valence-corrected chi connectivity index (χ2v) is 2.65. The molecule has 1 aliphatic rings. The van der Waals surface area contributed by atoms with Crippen LogP contribution in [0, 0.1) is 10.1 Å². The Bertz CT molecular complexity index is 211. The minimum Gasteiger partial charge on any atom is -0.387 e. The molecule has 0 radical (unpaired) electrons. The van der Waals surface area contributed by atoms with Crippen LogP contribution in [-0.2, 0) is 4.74 Å². The van der Waals surface area contributed by atoms with E-state index in [1.807, 2.05) is 0 Å². The highest BCUT2D eigenvalue weighted by Crippen LogP contribution is 2.06. The minimum absolute atomic E-state index is 0.103. The first-order valence-corrected chi connectivity index (χ1v) is 4.10. The molecule has 0 atom stereocenters. The molecule has 0 aromatic heterocycles. The summed E-state index contributed by atoms with van der Waals surface area (Å²) in [4.78, 5) is 11.9. The number of nitro groups is 1. The SMILES string of the molecule is CN/C=C(/N1CCOCC1)[N+](=O)[O-]. The molecule has 0 saturated carbocycles. The Morgan fingerprint density at radius 3 is 2.69 bits per heavy atom. The normalized spacial score (nSPS) is 18.5. The summed E-state index contributed by atoms with van der Waals surface area (Å²) < 4.78 is 5.10. The van der Waals surface area contributed by atoms with Gasteiger partial charge < -0.3 is 20.2 Å². The molecule has 1 fully saturated rings. The molecule has 1 rings (SSSR count). The lowest BCUT2D eigenvalue weighted by Crippen LogP contribution is -2.38. The summed E-state index contributed by atoms with van der Waals surface area (Å²) in [5, 5.41) is 13.3. The largest absolute Gasteiger partial charge is 0.387 e.